The Hall–Kier alpha value is -4.20. The molecular weight excluding hydrogens is 424 g/mol. The molecule has 0 unspecified atom stereocenters. The lowest BCUT2D eigenvalue weighted by atomic mass is 10.1. The molecular formula is C25H26N2O6. The second kappa shape index (κ2) is 11.4. The first-order valence-corrected chi connectivity index (χ1v) is 10.3. The van der Waals surface area contributed by atoms with Crippen molar-refractivity contribution in [1.29, 1.82) is 0 Å². The van der Waals surface area contributed by atoms with E-state index >= 15 is 0 Å². The summed E-state index contributed by atoms with van der Waals surface area (Å²) in [5.74, 6) is 1.06. The normalized spacial score (nSPS) is 10.9. The zero-order valence-electron chi connectivity index (χ0n) is 18.7. The van der Waals surface area contributed by atoms with Crippen molar-refractivity contribution in [3.05, 3.63) is 83.4 Å². The molecule has 0 spiro atoms. The van der Waals surface area contributed by atoms with Crippen molar-refractivity contribution >= 4 is 17.9 Å². The highest BCUT2D eigenvalue weighted by molar-refractivity contribution is 6.05. The highest BCUT2D eigenvalue weighted by Crippen LogP contribution is 2.27. The molecule has 3 aromatic rings. The van der Waals surface area contributed by atoms with Gasteiger partial charge < -0.3 is 29.3 Å². The fourth-order valence-electron chi connectivity index (χ4n) is 2.91. The molecule has 2 amide bonds. The van der Waals surface area contributed by atoms with Gasteiger partial charge in [-0.3, -0.25) is 9.59 Å². The Labute approximate surface area is 192 Å². The average Bonchev–Trinajstić information content (AvgIpc) is 3.35. The van der Waals surface area contributed by atoms with Gasteiger partial charge in [0.2, 0.25) is 0 Å². The van der Waals surface area contributed by atoms with E-state index in [1.807, 2.05) is 31.2 Å². The number of aryl methyl sites for hydroxylation is 1. The van der Waals surface area contributed by atoms with Gasteiger partial charge in [-0.15, -0.1) is 0 Å². The lowest BCUT2D eigenvalue weighted by Gasteiger charge is -2.13. The molecule has 2 aromatic carbocycles. The van der Waals surface area contributed by atoms with Gasteiger partial charge in [-0.25, -0.2) is 0 Å². The van der Waals surface area contributed by atoms with Crippen LogP contribution < -0.4 is 24.8 Å². The van der Waals surface area contributed by atoms with Crippen molar-refractivity contribution in [3.63, 3.8) is 0 Å². The van der Waals surface area contributed by atoms with Crippen molar-refractivity contribution in [1.82, 2.24) is 10.6 Å². The molecule has 0 saturated carbocycles. The van der Waals surface area contributed by atoms with Gasteiger partial charge in [0.1, 0.15) is 23.8 Å². The summed E-state index contributed by atoms with van der Waals surface area (Å²) in [6, 6.07) is 15.7. The van der Waals surface area contributed by atoms with E-state index in [9.17, 15) is 9.59 Å². The summed E-state index contributed by atoms with van der Waals surface area (Å²) in [5.41, 5.74) is 1.46. The Morgan fingerprint density at radius 3 is 2.42 bits per heavy atom. The molecule has 0 saturated heterocycles. The maximum atomic E-state index is 12.8. The van der Waals surface area contributed by atoms with Gasteiger partial charge in [0.25, 0.3) is 11.8 Å². The number of methoxy groups -OCH3 is 2. The Balaban J connectivity index is 1.66. The number of furan rings is 1. The van der Waals surface area contributed by atoms with E-state index in [2.05, 4.69) is 10.6 Å². The van der Waals surface area contributed by atoms with Gasteiger partial charge in [-0.2, -0.15) is 0 Å². The van der Waals surface area contributed by atoms with Gasteiger partial charge in [0, 0.05) is 11.6 Å². The zero-order valence-corrected chi connectivity index (χ0v) is 18.7. The van der Waals surface area contributed by atoms with E-state index < -0.39 is 11.8 Å². The van der Waals surface area contributed by atoms with Gasteiger partial charge in [-0.1, -0.05) is 17.7 Å². The summed E-state index contributed by atoms with van der Waals surface area (Å²) in [6.45, 7) is 2.51. The van der Waals surface area contributed by atoms with Gasteiger partial charge >= 0.3 is 0 Å². The largest absolute Gasteiger partial charge is 0.493 e. The van der Waals surface area contributed by atoms with Crippen molar-refractivity contribution in [3.8, 4) is 17.2 Å². The summed E-state index contributed by atoms with van der Waals surface area (Å²) in [6.07, 6.45) is 2.93. The molecule has 8 nitrogen and oxygen atoms in total. The van der Waals surface area contributed by atoms with Gasteiger partial charge in [0.05, 0.1) is 27.0 Å². The zero-order chi connectivity index (χ0) is 23.6. The maximum absolute atomic E-state index is 12.8. The molecule has 1 aromatic heterocycles. The number of amides is 2. The van der Waals surface area contributed by atoms with Crippen molar-refractivity contribution in [2.75, 3.05) is 27.4 Å². The van der Waals surface area contributed by atoms with Gasteiger partial charge in [-0.05, 0) is 49.4 Å². The smallest absolute Gasteiger partial charge is 0.268 e. The number of benzene rings is 2. The summed E-state index contributed by atoms with van der Waals surface area (Å²) in [4.78, 5) is 25.6. The molecule has 3 rings (SSSR count). The van der Waals surface area contributed by atoms with E-state index in [1.165, 1.54) is 32.6 Å². The van der Waals surface area contributed by atoms with Crippen molar-refractivity contribution in [2.45, 2.75) is 6.92 Å². The minimum atomic E-state index is -0.486. The lowest BCUT2D eigenvalue weighted by Crippen LogP contribution is -2.36. The summed E-state index contributed by atoms with van der Waals surface area (Å²) in [7, 11) is 2.99. The number of carbonyl (C=O) groups excluding carboxylic acids is 2. The van der Waals surface area contributed by atoms with Crippen LogP contribution in [0, 0.1) is 6.92 Å². The van der Waals surface area contributed by atoms with E-state index in [4.69, 9.17) is 18.6 Å². The SMILES string of the molecule is COc1ccc(C(=O)N/C(=C\c2ccco2)C(=O)NCCOc2ccc(C)cc2)cc1OC. The number of rotatable bonds is 10. The summed E-state index contributed by atoms with van der Waals surface area (Å²) in [5, 5.41) is 5.38. The fraction of sp³-hybridized carbons (Fsp3) is 0.200. The predicted molar refractivity (Wildman–Crippen MR) is 123 cm³/mol. The highest BCUT2D eigenvalue weighted by atomic mass is 16.5. The maximum Gasteiger partial charge on any atom is 0.268 e. The molecule has 0 radical (unpaired) electrons. The third kappa shape index (κ3) is 6.64. The topological polar surface area (TPSA) is 99.0 Å². The molecule has 1 heterocycles. The third-order valence-electron chi connectivity index (χ3n) is 4.65. The Morgan fingerprint density at radius 2 is 1.76 bits per heavy atom. The van der Waals surface area contributed by atoms with E-state index in [0.29, 0.717) is 28.6 Å². The van der Waals surface area contributed by atoms with Crippen LogP contribution in [0.15, 0.2) is 71.0 Å². The Morgan fingerprint density at radius 1 is 1.00 bits per heavy atom. The highest BCUT2D eigenvalue weighted by Gasteiger charge is 2.17. The molecule has 0 aliphatic carbocycles. The lowest BCUT2D eigenvalue weighted by molar-refractivity contribution is -0.117. The number of ether oxygens (including phenoxy) is 3. The number of nitrogens with one attached hydrogen (secondary N) is 2. The van der Waals surface area contributed by atoms with Gasteiger partial charge in [0.15, 0.2) is 11.5 Å². The second-order valence-electron chi connectivity index (χ2n) is 7.01. The number of hydrogen-bond donors (Lipinski definition) is 2. The van der Waals surface area contributed by atoms with Crippen LogP contribution in [0.4, 0.5) is 0 Å². The molecule has 172 valence electrons. The first-order chi connectivity index (χ1) is 16.0. The van der Waals surface area contributed by atoms with Crippen LogP contribution in [0.2, 0.25) is 0 Å². The molecule has 0 aliphatic rings. The number of hydrogen-bond acceptors (Lipinski definition) is 6. The summed E-state index contributed by atoms with van der Waals surface area (Å²) < 4.78 is 21.4. The van der Waals surface area contributed by atoms with E-state index in [0.717, 1.165) is 5.56 Å². The quantitative estimate of drug-likeness (QED) is 0.362. The molecule has 0 fully saturated rings. The van der Waals surface area contributed by atoms with Crippen LogP contribution in [0.3, 0.4) is 0 Å². The van der Waals surface area contributed by atoms with Crippen LogP contribution in [-0.4, -0.2) is 39.2 Å². The molecule has 0 atom stereocenters. The van der Waals surface area contributed by atoms with E-state index in [1.54, 1.807) is 24.3 Å². The predicted octanol–water partition coefficient (Wildman–Crippen LogP) is 3.57. The van der Waals surface area contributed by atoms with Crippen molar-refractivity contribution < 1.29 is 28.2 Å². The standard InChI is InChI=1S/C25H26N2O6/c1-17-6-9-19(10-7-17)33-14-12-26-25(29)21(16-20-5-4-13-32-20)27-24(28)18-8-11-22(30-2)23(15-18)31-3/h4-11,13,15-16H,12,14H2,1-3H3,(H,26,29)(H,27,28)/b21-16-. The molecule has 33 heavy (non-hydrogen) atoms. The second-order valence-corrected chi connectivity index (χ2v) is 7.01. The third-order valence-corrected chi connectivity index (χ3v) is 4.65. The monoisotopic (exact) mass is 450 g/mol. The first-order valence-electron chi connectivity index (χ1n) is 10.3. The van der Waals surface area contributed by atoms with Crippen LogP contribution in [0.1, 0.15) is 21.7 Å². The Bertz CT molecular complexity index is 1100. The van der Waals surface area contributed by atoms with Crippen LogP contribution in [0.5, 0.6) is 17.2 Å². The molecule has 0 aliphatic heterocycles. The van der Waals surface area contributed by atoms with Crippen LogP contribution >= 0.6 is 0 Å². The minimum absolute atomic E-state index is 0.0278. The average molecular weight is 450 g/mol. The van der Waals surface area contributed by atoms with E-state index in [-0.39, 0.29) is 18.8 Å². The van der Waals surface area contributed by atoms with Crippen LogP contribution in [0.25, 0.3) is 6.08 Å². The summed E-state index contributed by atoms with van der Waals surface area (Å²) >= 11 is 0. The number of carbonyl (C=O) groups is 2. The minimum Gasteiger partial charge on any atom is -0.493 e. The molecule has 8 heteroatoms. The van der Waals surface area contributed by atoms with Crippen molar-refractivity contribution in [2.24, 2.45) is 0 Å². The first kappa shape index (κ1) is 23.5. The Kier molecular flexibility index (Phi) is 8.13. The molecule has 2 N–H and O–H groups in total. The molecule has 0 bridgehead atoms. The van der Waals surface area contributed by atoms with Crippen LogP contribution in [-0.2, 0) is 4.79 Å². The fourth-order valence-corrected chi connectivity index (χ4v) is 2.91.